The van der Waals surface area contributed by atoms with Gasteiger partial charge in [0.05, 0.1) is 11.0 Å². The van der Waals surface area contributed by atoms with Crippen molar-refractivity contribution in [1.29, 1.82) is 0 Å². The monoisotopic (exact) mass is 359 g/mol. The van der Waals surface area contributed by atoms with Crippen molar-refractivity contribution in [2.45, 2.75) is 26.4 Å². The lowest BCUT2D eigenvalue weighted by atomic mass is 10.0. The second-order valence-corrected chi connectivity index (χ2v) is 7.06. The normalized spacial score (nSPS) is 11.4. The Hall–Kier alpha value is -2.98. The number of fused-ring (bicyclic) bond motifs is 1. The number of aromatic amines is 1. The van der Waals surface area contributed by atoms with Crippen LogP contribution in [0, 0.1) is 5.82 Å². The highest BCUT2D eigenvalue weighted by Gasteiger charge is 2.07. The third-order valence-electron chi connectivity index (χ3n) is 4.60. The van der Waals surface area contributed by atoms with Gasteiger partial charge in [0.2, 0.25) is 0 Å². The second-order valence-electron chi connectivity index (χ2n) is 7.06. The lowest BCUT2D eigenvalue weighted by Gasteiger charge is -2.09. The average Bonchev–Trinajstić information content (AvgIpc) is 3.10. The van der Waals surface area contributed by atoms with Crippen molar-refractivity contribution in [1.82, 2.24) is 15.3 Å². The number of hydrogen-bond acceptors (Lipinski definition) is 2. The third kappa shape index (κ3) is 3.91. The lowest BCUT2D eigenvalue weighted by Crippen LogP contribution is -2.21. The summed E-state index contributed by atoms with van der Waals surface area (Å²) in [5, 5.41) is 3.43. The first-order chi connectivity index (χ1) is 13.1. The van der Waals surface area contributed by atoms with Gasteiger partial charge in [-0.2, -0.15) is 0 Å². The molecule has 4 aromatic rings. The summed E-state index contributed by atoms with van der Waals surface area (Å²) in [6.45, 7) is 5.17. The smallest absolute Gasteiger partial charge is 0.138 e. The van der Waals surface area contributed by atoms with Gasteiger partial charge >= 0.3 is 0 Å². The van der Waals surface area contributed by atoms with E-state index in [-0.39, 0.29) is 5.82 Å². The Bertz CT molecular complexity index is 1050. The highest BCUT2D eigenvalue weighted by atomic mass is 19.1. The molecule has 0 fully saturated rings. The Balaban J connectivity index is 1.54. The fourth-order valence-electron chi connectivity index (χ4n) is 3.08. The molecule has 0 amide bonds. The molecule has 2 N–H and O–H groups in total. The van der Waals surface area contributed by atoms with Crippen LogP contribution in [0.2, 0.25) is 0 Å². The molecule has 4 heteroatoms. The number of rotatable bonds is 5. The van der Waals surface area contributed by atoms with Crippen LogP contribution in [0.15, 0.2) is 66.7 Å². The Morgan fingerprint density at radius 1 is 0.889 bits per heavy atom. The van der Waals surface area contributed by atoms with Gasteiger partial charge in [0.1, 0.15) is 11.6 Å². The number of nitrogens with zero attached hydrogens (tertiary/aromatic N) is 1. The van der Waals surface area contributed by atoms with E-state index in [4.69, 9.17) is 0 Å². The summed E-state index contributed by atoms with van der Waals surface area (Å²) < 4.78 is 13.4. The topological polar surface area (TPSA) is 40.7 Å². The number of aromatic nitrogens is 2. The molecule has 0 saturated carbocycles. The van der Waals surface area contributed by atoms with E-state index in [1.165, 1.54) is 23.3 Å². The van der Waals surface area contributed by atoms with Gasteiger partial charge in [-0.25, -0.2) is 9.37 Å². The fourth-order valence-corrected chi connectivity index (χ4v) is 3.08. The van der Waals surface area contributed by atoms with Crippen LogP contribution in [0.25, 0.3) is 33.5 Å². The maximum atomic E-state index is 13.4. The van der Waals surface area contributed by atoms with Gasteiger partial charge < -0.3 is 10.3 Å². The number of benzene rings is 3. The molecule has 0 unspecified atom stereocenters. The van der Waals surface area contributed by atoms with Gasteiger partial charge in [-0.1, -0.05) is 62.4 Å². The zero-order chi connectivity index (χ0) is 18.8. The minimum Gasteiger partial charge on any atom is -0.338 e. The molecule has 0 aliphatic rings. The Labute approximate surface area is 158 Å². The van der Waals surface area contributed by atoms with E-state index >= 15 is 0 Å². The minimum absolute atomic E-state index is 0.264. The zero-order valence-electron chi connectivity index (χ0n) is 15.5. The molecule has 0 aliphatic heterocycles. The summed E-state index contributed by atoms with van der Waals surface area (Å²) in [7, 11) is 0. The second kappa shape index (κ2) is 7.33. The summed E-state index contributed by atoms with van der Waals surface area (Å²) in [6.07, 6.45) is 0. The lowest BCUT2D eigenvalue weighted by molar-refractivity contribution is 0.589. The highest BCUT2D eigenvalue weighted by Crippen LogP contribution is 2.25. The van der Waals surface area contributed by atoms with E-state index < -0.39 is 0 Å². The SMILES string of the molecule is CC(C)NCc1ccc(-c2ccc(-c3nc4ccc(F)cc4[nH]3)cc2)cc1. The minimum atomic E-state index is -0.264. The molecule has 1 aromatic heterocycles. The maximum Gasteiger partial charge on any atom is 0.138 e. The van der Waals surface area contributed by atoms with Crippen LogP contribution >= 0.6 is 0 Å². The Morgan fingerprint density at radius 3 is 2.19 bits per heavy atom. The molecule has 0 bridgehead atoms. The molecule has 0 radical (unpaired) electrons. The van der Waals surface area contributed by atoms with Crippen LogP contribution in [0.4, 0.5) is 4.39 Å². The van der Waals surface area contributed by atoms with Gasteiger partial charge in [-0.15, -0.1) is 0 Å². The summed E-state index contributed by atoms with van der Waals surface area (Å²) in [5.74, 6) is 0.484. The van der Waals surface area contributed by atoms with E-state index in [9.17, 15) is 4.39 Å². The number of halogens is 1. The summed E-state index contributed by atoms with van der Waals surface area (Å²) in [4.78, 5) is 7.73. The van der Waals surface area contributed by atoms with E-state index in [0.717, 1.165) is 29.0 Å². The van der Waals surface area contributed by atoms with Gasteiger partial charge in [-0.05, 0) is 34.9 Å². The van der Waals surface area contributed by atoms with Crippen LogP contribution in [-0.2, 0) is 6.54 Å². The van der Waals surface area contributed by atoms with Crippen molar-refractivity contribution in [2.75, 3.05) is 0 Å². The Morgan fingerprint density at radius 2 is 1.52 bits per heavy atom. The quantitative estimate of drug-likeness (QED) is 0.491. The van der Waals surface area contributed by atoms with Crippen molar-refractivity contribution in [3.63, 3.8) is 0 Å². The van der Waals surface area contributed by atoms with Crippen LogP contribution in [0.1, 0.15) is 19.4 Å². The number of imidazole rings is 1. The van der Waals surface area contributed by atoms with Gasteiger partial charge in [0, 0.05) is 18.2 Å². The molecule has 1 heterocycles. The Kier molecular flexibility index (Phi) is 4.73. The summed E-state index contributed by atoms with van der Waals surface area (Å²) in [5.41, 5.74) is 6.07. The molecule has 3 aromatic carbocycles. The van der Waals surface area contributed by atoms with Crippen molar-refractivity contribution in [3.8, 4) is 22.5 Å². The zero-order valence-corrected chi connectivity index (χ0v) is 15.5. The average molecular weight is 359 g/mol. The van der Waals surface area contributed by atoms with Crippen molar-refractivity contribution >= 4 is 11.0 Å². The third-order valence-corrected chi connectivity index (χ3v) is 4.60. The first-order valence-electron chi connectivity index (χ1n) is 9.17. The first kappa shape index (κ1) is 17.4. The van der Waals surface area contributed by atoms with Crippen molar-refractivity contribution in [3.05, 3.63) is 78.1 Å². The van der Waals surface area contributed by atoms with E-state index in [1.807, 2.05) is 12.1 Å². The van der Waals surface area contributed by atoms with E-state index in [0.29, 0.717) is 11.6 Å². The van der Waals surface area contributed by atoms with Crippen LogP contribution < -0.4 is 5.32 Å². The van der Waals surface area contributed by atoms with Crippen LogP contribution in [0.5, 0.6) is 0 Å². The molecular formula is C23H22FN3. The standard InChI is InChI=1S/C23H22FN3/c1-15(2)25-14-16-3-5-17(6-4-16)18-7-9-19(10-8-18)23-26-21-12-11-20(24)13-22(21)27-23/h3-13,15,25H,14H2,1-2H3,(H,26,27). The predicted molar refractivity (Wildman–Crippen MR) is 109 cm³/mol. The number of nitrogens with one attached hydrogen (secondary N) is 2. The molecule has 4 rings (SSSR count). The fraction of sp³-hybridized carbons (Fsp3) is 0.174. The molecular weight excluding hydrogens is 337 g/mol. The van der Waals surface area contributed by atoms with Gasteiger partial charge in [-0.3, -0.25) is 0 Å². The highest BCUT2D eigenvalue weighted by molar-refractivity contribution is 5.80. The molecule has 0 atom stereocenters. The summed E-state index contributed by atoms with van der Waals surface area (Å²) in [6, 6.07) is 21.9. The maximum absolute atomic E-state index is 13.4. The number of hydrogen-bond donors (Lipinski definition) is 2. The molecule has 136 valence electrons. The predicted octanol–water partition coefficient (Wildman–Crippen LogP) is 5.53. The van der Waals surface area contributed by atoms with Crippen molar-refractivity contribution < 1.29 is 4.39 Å². The molecule has 3 nitrogen and oxygen atoms in total. The van der Waals surface area contributed by atoms with Gasteiger partial charge in [0.15, 0.2) is 0 Å². The number of H-pyrrole nitrogens is 1. The van der Waals surface area contributed by atoms with Crippen molar-refractivity contribution in [2.24, 2.45) is 0 Å². The van der Waals surface area contributed by atoms with Crippen LogP contribution in [-0.4, -0.2) is 16.0 Å². The van der Waals surface area contributed by atoms with Gasteiger partial charge in [0.25, 0.3) is 0 Å². The molecule has 27 heavy (non-hydrogen) atoms. The summed E-state index contributed by atoms with van der Waals surface area (Å²) >= 11 is 0. The molecule has 0 spiro atoms. The molecule has 0 aliphatic carbocycles. The molecule has 0 saturated heterocycles. The van der Waals surface area contributed by atoms with E-state index in [1.54, 1.807) is 6.07 Å². The van der Waals surface area contributed by atoms with E-state index in [2.05, 4.69) is 65.5 Å². The first-order valence-corrected chi connectivity index (χ1v) is 9.17. The van der Waals surface area contributed by atoms with Crippen LogP contribution in [0.3, 0.4) is 0 Å². The largest absolute Gasteiger partial charge is 0.338 e.